The molecule has 6 nitrogen and oxygen atoms in total. The van der Waals surface area contributed by atoms with Gasteiger partial charge in [0, 0.05) is 53.2 Å². The number of nitrogens with zero attached hydrogens (tertiary/aromatic N) is 2. The van der Waals surface area contributed by atoms with Crippen LogP contribution in [0, 0.1) is 0 Å². The molecular formula is C23H25Cl2N3O3S. The topological polar surface area (TPSA) is 71.4 Å². The number of hydrogen-bond donors (Lipinski definition) is 1. The van der Waals surface area contributed by atoms with Crippen LogP contribution in [0.3, 0.4) is 0 Å². The van der Waals surface area contributed by atoms with Crippen molar-refractivity contribution in [2.24, 2.45) is 0 Å². The van der Waals surface area contributed by atoms with E-state index in [1.807, 2.05) is 41.3 Å². The standard InChI is InChI=1S/C23H24ClN3O3S.ClH/c1-31(29,30)10-4-9-26-18(12-16-11-17(24)7-8-20(16)26)13-27-21-6-3-2-5-19(21)23(22(27)28)14-25-15-23;/h2-3,5-8,11-12,25H,4,9-10,13-15H2,1H3;1H. The maximum Gasteiger partial charge on any atom is 0.240 e. The Bertz CT molecular complexity index is 1300. The van der Waals surface area contributed by atoms with Gasteiger partial charge in [-0.05, 0) is 42.3 Å². The minimum atomic E-state index is -3.04. The van der Waals surface area contributed by atoms with Crippen molar-refractivity contribution in [3.8, 4) is 0 Å². The van der Waals surface area contributed by atoms with Crippen molar-refractivity contribution in [1.82, 2.24) is 9.88 Å². The molecule has 3 aromatic rings. The summed E-state index contributed by atoms with van der Waals surface area (Å²) in [6.45, 7) is 2.31. The first kappa shape index (κ1) is 23.1. The summed E-state index contributed by atoms with van der Waals surface area (Å²) in [6.07, 6.45) is 1.77. The summed E-state index contributed by atoms with van der Waals surface area (Å²) in [7, 11) is -3.04. The molecule has 0 atom stereocenters. The molecule has 32 heavy (non-hydrogen) atoms. The van der Waals surface area contributed by atoms with E-state index >= 15 is 0 Å². The number of nitrogens with one attached hydrogen (secondary N) is 1. The summed E-state index contributed by atoms with van der Waals surface area (Å²) in [4.78, 5) is 15.3. The molecule has 0 saturated carbocycles. The molecule has 3 heterocycles. The summed E-state index contributed by atoms with van der Waals surface area (Å²) in [5, 5.41) is 4.89. The van der Waals surface area contributed by atoms with Gasteiger partial charge in [0.05, 0.1) is 12.3 Å². The summed E-state index contributed by atoms with van der Waals surface area (Å²) >= 11 is 6.21. The first-order valence-corrected chi connectivity index (χ1v) is 12.8. The number of carbonyl (C=O) groups is 1. The molecule has 1 N–H and O–H groups in total. The first-order valence-electron chi connectivity index (χ1n) is 10.4. The van der Waals surface area contributed by atoms with Gasteiger partial charge >= 0.3 is 0 Å². The SMILES string of the molecule is CS(=O)(=O)CCCn1c(CN2C(=O)C3(CNC3)c3ccccc32)cc2cc(Cl)ccc21.Cl. The lowest BCUT2D eigenvalue weighted by atomic mass is 9.76. The number of para-hydroxylation sites is 1. The summed E-state index contributed by atoms with van der Waals surface area (Å²) in [6, 6.07) is 15.8. The van der Waals surface area contributed by atoms with Gasteiger partial charge < -0.3 is 14.8 Å². The first-order chi connectivity index (χ1) is 14.8. The summed E-state index contributed by atoms with van der Waals surface area (Å²) in [5.74, 6) is 0.249. The zero-order chi connectivity index (χ0) is 21.8. The van der Waals surface area contributed by atoms with Crippen molar-refractivity contribution in [2.45, 2.75) is 24.9 Å². The van der Waals surface area contributed by atoms with Crippen LogP contribution in [0.4, 0.5) is 5.69 Å². The predicted molar refractivity (Wildman–Crippen MR) is 131 cm³/mol. The fraction of sp³-hybridized carbons (Fsp3) is 0.348. The molecule has 1 fully saturated rings. The lowest BCUT2D eigenvalue weighted by molar-refractivity contribution is -0.125. The molecule has 9 heteroatoms. The maximum absolute atomic E-state index is 13.5. The van der Waals surface area contributed by atoms with Crippen LogP contribution in [-0.2, 0) is 33.1 Å². The monoisotopic (exact) mass is 493 g/mol. The molecule has 2 aliphatic rings. The summed E-state index contributed by atoms with van der Waals surface area (Å²) in [5.41, 5.74) is 3.54. The van der Waals surface area contributed by atoms with Crippen molar-refractivity contribution >= 4 is 56.3 Å². The normalized spacial score (nSPS) is 16.8. The average molecular weight is 494 g/mol. The van der Waals surface area contributed by atoms with Crippen LogP contribution >= 0.6 is 24.0 Å². The smallest absolute Gasteiger partial charge is 0.240 e. The molecule has 0 bridgehead atoms. The second kappa shape index (κ2) is 8.37. The molecule has 2 aromatic carbocycles. The van der Waals surface area contributed by atoms with Crippen molar-refractivity contribution in [3.63, 3.8) is 0 Å². The number of hydrogen-bond acceptors (Lipinski definition) is 4. The Morgan fingerprint density at radius 2 is 1.88 bits per heavy atom. The Labute approximate surface area is 198 Å². The van der Waals surface area contributed by atoms with E-state index in [1.54, 1.807) is 0 Å². The number of carbonyl (C=O) groups excluding carboxylic acids is 1. The number of amides is 1. The Kier molecular flexibility index (Phi) is 6.05. The van der Waals surface area contributed by atoms with Gasteiger partial charge in [0.2, 0.25) is 5.91 Å². The number of halogens is 2. The lowest BCUT2D eigenvalue weighted by Crippen LogP contribution is -2.61. The Morgan fingerprint density at radius 3 is 2.56 bits per heavy atom. The predicted octanol–water partition coefficient (Wildman–Crippen LogP) is 3.54. The number of aryl methyl sites for hydroxylation is 1. The van der Waals surface area contributed by atoms with Crippen LogP contribution in [0.2, 0.25) is 5.02 Å². The van der Waals surface area contributed by atoms with E-state index < -0.39 is 15.3 Å². The molecule has 0 radical (unpaired) electrons. The number of anilines is 1. The molecule has 0 unspecified atom stereocenters. The Morgan fingerprint density at radius 1 is 1.12 bits per heavy atom. The quantitative estimate of drug-likeness (QED) is 0.569. The number of rotatable bonds is 6. The van der Waals surface area contributed by atoms with Crippen LogP contribution in [0.1, 0.15) is 17.7 Å². The van der Waals surface area contributed by atoms with Crippen molar-refractivity contribution in [2.75, 3.05) is 30.0 Å². The molecule has 170 valence electrons. The average Bonchev–Trinajstić information content (AvgIpc) is 3.13. The molecule has 1 amide bonds. The largest absolute Gasteiger partial charge is 0.343 e. The number of aromatic nitrogens is 1. The van der Waals surface area contributed by atoms with E-state index in [-0.39, 0.29) is 24.1 Å². The fourth-order valence-corrected chi connectivity index (χ4v) is 5.65. The number of sulfone groups is 1. The molecular weight excluding hydrogens is 469 g/mol. The highest BCUT2D eigenvalue weighted by Crippen LogP contribution is 2.45. The van der Waals surface area contributed by atoms with E-state index in [0.29, 0.717) is 37.6 Å². The van der Waals surface area contributed by atoms with E-state index in [4.69, 9.17) is 11.6 Å². The minimum Gasteiger partial charge on any atom is -0.343 e. The minimum absolute atomic E-state index is 0. The van der Waals surface area contributed by atoms with E-state index in [0.717, 1.165) is 27.8 Å². The van der Waals surface area contributed by atoms with Gasteiger partial charge in [0.1, 0.15) is 15.3 Å². The van der Waals surface area contributed by atoms with Crippen LogP contribution < -0.4 is 10.2 Å². The number of benzene rings is 2. The second-order valence-corrected chi connectivity index (χ2v) is 11.3. The molecule has 1 saturated heterocycles. The van der Waals surface area contributed by atoms with Gasteiger partial charge in [-0.3, -0.25) is 4.79 Å². The third-order valence-electron chi connectivity index (χ3n) is 6.38. The van der Waals surface area contributed by atoms with Crippen LogP contribution in [-0.4, -0.2) is 44.0 Å². The van der Waals surface area contributed by atoms with E-state index in [2.05, 4.69) is 22.0 Å². The van der Waals surface area contributed by atoms with Crippen molar-refractivity contribution < 1.29 is 13.2 Å². The third-order valence-corrected chi connectivity index (χ3v) is 7.65. The van der Waals surface area contributed by atoms with Gasteiger partial charge in [0.15, 0.2) is 0 Å². The highest BCUT2D eigenvalue weighted by atomic mass is 35.5. The fourth-order valence-electron chi connectivity index (χ4n) is 4.81. The van der Waals surface area contributed by atoms with E-state index in [1.165, 1.54) is 6.26 Å². The zero-order valence-corrected chi connectivity index (χ0v) is 20.1. The van der Waals surface area contributed by atoms with Crippen LogP contribution in [0.15, 0.2) is 48.5 Å². The zero-order valence-electron chi connectivity index (χ0n) is 17.7. The van der Waals surface area contributed by atoms with Gasteiger partial charge in [0.25, 0.3) is 0 Å². The number of fused-ring (bicyclic) bond motifs is 3. The highest BCUT2D eigenvalue weighted by molar-refractivity contribution is 7.90. The van der Waals surface area contributed by atoms with E-state index in [9.17, 15) is 13.2 Å². The second-order valence-electron chi connectivity index (χ2n) is 8.57. The van der Waals surface area contributed by atoms with Crippen molar-refractivity contribution in [3.05, 3.63) is 64.8 Å². The van der Waals surface area contributed by atoms with Crippen LogP contribution in [0.25, 0.3) is 10.9 Å². The highest BCUT2D eigenvalue weighted by Gasteiger charge is 2.54. The summed E-state index contributed by atoms with van der Waals surface area (Å²) < 4.78 is 25.4. The van der Waals surface area contributed by atoms with Gasteiger partial charge in [-0.25, -0.2) is 8.42 Å². The molecule has 2 aliphatic heterocycles. The third kappa shape index (κ3) is 3.81. The van der Waals surface area contributed by atoms with Crippen molar-refractivity contribution in [1.29, 1.82) is 0 Å². The lowest BCUT2D eigenvalue weighted by Gasteiger charge is -2.38. The Balaban J connectivity index is 0.00000245. The van der Waals surface area contributed by atoms with Gasteiger partial charge in [-0.2, -0.15) is 0 Å². The molecule has 1 spiro atoms. The van der Waals surface area contributed by atoms with Crippen LogP contribution in [0.5, 0.6) is 0 Å². The van der Waals surface area contributed by atoms with Gasteiger partial charge in [-0.15, -0.1) is 12.4 Å². The molecule has 1 aromatic heterocycles. The molecule has 0 aliphatic carbocycles. The van der Waals surface area contributed by atoms with Gasteiger partial charge in [-0.1, -0.05) is 29.8 Å². The molecule has 5 rings (SSSR count). The maximum atomic E-state index is 13.5. The Hall–Kier alpha value is -2.06.